The highest BCUT2D eigenvalue weighted by molar-refractivity contribution is 6.08. The van der Waals surface area contributed by atoms with E-state index in [9.17, 15) is 14.4 Å². The van der Waals surface area contributed by atoms with Gasteiger partial charge >= 0.3 is 6.03 Å². The van der Waals surface area contributed by atoms with Crippen molar-refractivity contribution in [1.82, 2.24) is 20.4 Å². The van der Waals surface area contributed by atoms with E-state index in [0.717, 1.165) is 36.2 Å². The molecule has 214 valence electrons. The van der Waals surface area contributed by atoms with E-state index in [4.69, 9.17) is 0 Å². The number of carbonyl (C=O) groups excluding carboxylic acids is 3. The van der Waals surface area contributed by atoms with Crippen LogP contribution in [0.4, 0.5) is 10.5 Å². The van der Waals surface area contributed by atoms with Crippen molar-refractivity contribution in [3.8, 4) is 0 Å². The first-order valence-electron chi connectivity index (χ1n) is 14.8. The molecule has 2 saturated heterocycles. The smallest absolute Gasteiger partial charge is 0.317 e. The van der Waals surface area contributed by atoms with Crippen molar-refractivity contribution in [3.63, 3.8) is 0 Å². The summed E-state index contributed by atoms with van der Waals surface area (Å²) in [7, 11) is 1.80. The quantitative estimate of drug-likeness (QED) is 0.530. The maximum Gasteiger partial charge on any atom is 0.317 e. The van der Waals surface area contributed by atoms with Gasteiger partial charge in [0, 0.05) is 44.5 Å². The zero-order chi connectivity index (χ0) is 28.3. The first kappa shape index (κ1) is 28.1. The minimum absolute atomic E-state index is 0.0383. The van der Waals surface area contributed by atoms with Crippen molar-refractivity contribution < 1.29 is 14.4 Å². The van der Waals surface area contributed by atoms with Gasteiger partial charge in [0.25, 0.3) is 0 Å². The molecule has 3 aliphatic heterocycles. The molecule has 2 fully saturated rings. The second-order valence-electron chi connectivity index (χ2n) is 12.1. The Labute approximate surface area is 238 Å². The molecule has 2 aromatic rings. The van der Waals surface area contributed by atoms with Crippen molar-refractivity contribution in [3.05, 3.63) is 65.7 Å². The van der Waals surface area contributed by atoms with Gasteiger partial charge in [-0.3, -0.25) is 9.59 Å². The minimum Gasteiger partial charge on any atom is -0.341 e. The number of likely N-dealkylation sites (N-methyl/N-ethyl adjacent to an activating group) is 1. The van der Waals surface area contributed by atoms with E-state index >= 15 is 0 Å². The number of anilines is 1. The number of amides is 4. The summed E-state index contributed by atoms with van der Waals surface area (Å²) >= 11 is 0. The minimum atomic E-state index is -0.601. The lowest BCUT2D eigenvalue weighted by Crippen LogP contribution is -2.56. The summed E-state index contributed by atoms with van der Waals surface area (Å²) in [6.45, 7) is 6.73. The molecule has 40 heavy (non-hydrogen) atoms. The lowest BCUT2D eigenvalue weighted by molar-refractivity contribution is -0.134. The first-order valence-corrected chi connectivity index (χ1v) is 14.8. The Kier molecular flexibility index (Phi) is 8.45. The van der Waals surface area contributed by atoms with Crippen LogP contribution in [0, 0.1) is 0 Å². The number of urea groups is 1. The van der Waals surface area contributed by atoms with Crippen molar-refractivity contribution in [2.45, 2.75) is 75.9 Å². The zero-order valence-corrected chi connectivity index (χ0v) is 24.1. The van der Waals surface area contributed by atoms with Gasteiger partial charge in [-0.2, -0.15) is 0 Å². The van der Waals surface area contributed by atoms with Crippen LogP contribution in [0.3, 0.4) is 0 Å². The first-order chi connectivity index (χ1) is 19.3. The number of piperidine rings is 1. The summed E-state index contributed by atoms with van der Waals surface area (Å²) in [4.78, 5) is 45.9. The van der Waals surface area contributed by atoms with E-state index < -0.39 is 11.5 Å². The third kappa shape index (κ3) is 5.87. The number of fused-ring (bicyclic) bond motifs is 1. The second-order valence-corrected chi connectivity index (χ2v) is 12.1. The molecule has 0 bridgehead atoms. The van der Waals surface area contributed by atoms with E-state index in [-0.39, 0.29) is 23.9 Å². The highest BCUT2D eigenvalue weighted by Gasteiger charge is 2.47. The summed E-state index contributed by atoms with van der Waals surface area (Å²) in [6, 6.07) is 17.7. The van der Waals surface area contributed by atoms with Gasteiger partial charge in [0.05, 0.1) is 5.41 Å². The standard InChI is InChI=1S/C32H43N5O3/c1-32(2)26-13-7-8-14-28(26)37(30(32)39)25-17-20-36(21-18-25)29(38)27(16-15-23-10-5-4-6-11-23)34-31(40)35(3)22-24-12-9-19-33-24/h4-8,10-11,13-14,24-25,27,33H,9,12,15-22H2,1-3H3,(H,34,40)/t24-,27-/m0/s1. The van der Waals surface area contributed by atoms with Gasteiger partial charge in [-0.15, -0.1) is 0 Å². The Bertz CT molecular complexity index is 1200. The fourth-order valence-electron chi connectivity index (χ4n) is 6.46. The fourth-order valence-corrected chi connectivity index (χ4v) is 6.46. The summed E-state index contributed by atoms with van der Waals surface area (Å²) in [5.74, 6) is 0.0925. The highest BCUT2D eigenvalue weighted by atomic mass is 16.2. The number of aryl methyl sites for hydroxylation is 1. The zero-order valence-electron chi connectivity index (χ0n) is 24.1. The molecule has 0 spiro atoms. The summed E-state index contributed by atoms with van der Waals surface area (Å²) in [5.41, 5.74) is 2.66. The molecule has 2 aromatic carbocycles. The normalized spacial score (nSPS) is 21.3. The van der Waals surface area contributed by atoms with Gasteiger partial charge in [0.2, 0.25) is 11.8 Å². The molecule has 2 N–H and O–H groups in total. The largest absolute Gasteiger partial charge is 0.341 e. The molecule has 3 aliphatic rings. The molecular weight excluding hydrogens is 502 g/mol. The molecule has 0 radical (unpaired) electrons. The average molecular weight is 546 g/mol. The van der Waals surface area contributed by atoms with E-state index in [1.165, 1.54) is 0 Å². The molecule has 8 heteroatoms. The van der Waals surface area contributed by atoms with Crippen molar-refractivity contribution in [2.24, 2.45) is 0 Å². The number of hydrogen-bond acceptors (Lipinski definition) is 4. The Morgan fingerprint density at radius 2 is 1.75 bits per heavy atom. The van der Waals surface area contributed by atoms with Gasteiger partial charge in [0.15, 0.2) is 0 Å². The van der Waals surface area contributed by atoms with Crippen LogP contribution < -0.4 is 15.5 Å². The second kappa shape index (κ2) is 12.0. The highest BCUT2D eigenvalue weighted by Crippen LogP contribution is 2.43. The van der Waals surface area contributed by atoms with E-state index in [1.807, 2.05) is 66.1 Å². The molecule has 0 saturated carbocycles. The number of nitrogens with one attached hydrogen (secondary N) is 2. The van der Waals surface area contributed by atoms with E-state index in [1.54, 1.807) is 11.9 Å². The number of hydrogen-bond donors (Lipinski definition) is 2. The molecule has 4 amide bonds. The van der Waals surface area contributed by atoms with Crippen LogP contribution in [0.25, 0.3) is 0 Å². The SMILES string of the molecule is CN(C[C@@H]1CCCN1)C(=O)N[C@@H](CCc1ccccc1)C(=O)N1CCC(N2C(=O)C(C)(C)c3ccccc32)CC1. The van der Waals surface area contributed by atoms with Crippen molar-refractivity contribution in [2.75, 3.05) is 38.1 Å². The van der Waals surface area contributed by atoms with Gasteiger partial charge in [-0.1, -0.05) is 48.5 Å². The maximum absolute atomic E-state index is 13.8. The van der Waals surface area contributed by atoms with Crippen LogP contribution >= 0.6 is 0 Å². The number of carbonyl (C=O) groups is 3. The number of likely N-dealkylation sites (tertiary alicyclic amines) is 1. The predicted octanol–water partition coefficient (Wildman–Crippen LogP) is 3.70. The predicted molar refractivity (Wildman–Crippen MR) is 157 cm³/mol. The van der Waals surface area contributed by atoms with Crippen LogP contribution in [0.5, 0.6) is 0 Å². The lowest BCUT2D eigenvalue weighted by Gasteiger charge is -2.39. The Morgan fingerprint density at radius 3 is 2.45 bits per heavy atom. The third-order valence-electron chi connectivity index (χ3n) is 8.90. The molecule has 0 aromatic heterocycles. The van der Waals surface area contributed by atoms with Crippen LogP contribution in [-0.4, -0.2) is 79.0 Å². The number of rotatable bonds is 8. The molecule has 3 heterocycles. The maximum atomic E-state index is 13.8. The molecule has 2 atom stereocenters. The Hall–Kier alpha value is -3.39. The van der Waals surface area contributed by atoms with Crippen LogP contribution in [0.1, 0.15) is 57.1 Å². The Balaban J connectivity index is 1.24. The molecule has 8 nitrogen and oxygen atoms in total. The number of nitrogens with zero attached hydrogens (tertiary/aromatic N) is 3. The fraction of sp³-hybridized carbons (Fsp3) is 0.531. The van der Waals surface area contributed by atoms with E-state index in [2.05, 4.69) is 22.8 Å². The topological polar surface area (TPSA) is 85.0 Å². The summed E-state index contributed by atoms with van der Waals surface area (Å²) < 4.78 is 0. The van der Waals surface area contributed by atoms with Gasteiger partial charge in [-0.25, -0.2) is 4.79 Å². The summed E-state index contributed by atoms with van der Waals surface area (Å²) in [6.07, 6.45) is 4.86. The van der Waals surface area contributed by atoms with Gasteiger partial charge in [-0.05, 0) is 76.1 Å². The molecular formula is C32H43N5O3. The number of para-hydroxylation sites is 1. The molecule has 5 rings (SSSR count). The average Bonchev–Trinajstić information content (AvgIpc) is 3.55. The van der Waals surface area contributed by atoms with Crippen molar-refractivity contribution >= 4 is 23.5 Å². The number of benzene rings is 2. The van der Waals surface area contributed by atoms with Gasteiger partial charge in [0.1, 0.15) is 6.04 Å². The van der Waals surface area contributed by atoms with Crippen LogP contribution in [-0.2, 0) is 21.4 Å². The third-order valence-corrected chi connectivity index (χ3v) is 8.90. The van der Waals surface area contributed by atoms with Crippen LogP contribution in [0.2, 0.25) is 0 Å². The monoisotopic (exact) mass is 545 g/mol. The van der Waals surface area contributed by atoms with Gasteiger partial charge < -0.3 is 25.3 Å². The molecule has 0 aliphatic carbocycles. The lowest BCUT2D eigenvalue weighted by atomic mass is 9.86. The summed E-state index contributed by atoms with van der Waals surface area (Å²) in [5, 5.41) is 6.49. The molecule has 0 unspecified atom stereocenters. The Morgan fingerprint density at radius 1 is 1.05 bits per heavy atom. The van der Waals surface area contributed by atoms with E-state index in [0.29, 0.717) is 51.4 Å². The van der Waals surface area contributed by atoms with Crippen molar-refractivity contribution in [1.29, 1.82) is 0 Å². The van der Waals surface area contributed by atoms with Crippen LogP contribution in [0.15, 0.2) is 54.6 Å².